The molecule has 2 N–H and O–H groups in total. The smallest absolute Gasteiger partial charge is 0.252 e. The Morgan fingerprint density at radius 1 is 0.967 bits per heavy atom. The Labute approximate surface area is 179 Å². The number of carbonyl (C=O) groups excluding carboxylic acids is 2. The van der Waals surface area contributed by atoms with Crippen LogP contribution in [-0.2, 0) is 4.79 Å². The Hall–Kier alpha value is -3.02. The molecule has 1 unspecified atom stereocenters. The number of hydrogen-bond donors (Lipinski definition) is 2. The van der Waals surface area contributed by atoms with Gasteiger partial charge in [-0.05, 0) is 30.0 Å². The van der Waals surface area contributed by atoms with Crippen LogP contribution in [-0.4, -0.2) is 38.6 Å². The van der Waals surface area contributed by atoms with Gasteiger partial charge in [-0.15, -0.1) is 0 Å². The summed E-state index contributed by atoms with van der Waals surface area (Å²) in [7, 11) is 3.05. The molecule has 2 rings (SSSR count). The van der Waals surface area contributed by atoms with Crippen molar-refractivity contribution in [2.45, 2.75) is 39.2 Å². The standard InChI is InChI=1S/C24H32N2O4/c1-6-17(18-10-8-7-9-11-18)15-25-24(28)22(16(2)3)26-23(27)19-12-20(29-4)14-21(13-19)30-5/h7-14,16-17,22H,6,15H2,1-5H3,(H,25,28)(H,26,27)/t17?,22-/m0/s1. The van der Waals surface area contributed by atoms with E-state index in [9.17, 15) is 9.59 Å². The first-order chi connectivity index (χ1) is 14.4. The minimum atomic E-state index is -0.650. The number of benzene rings is 2. The lowest BCUT2D eigenvalue weighted by atomic mass is 9.96. The topological polar surface area (TPSA) is 76.7 Å². The maximum atomic E-state index is 12.9. The zero-order chi connectivity index (χ0) is 22.1. The molecule has 0 radical (unpaired) electrons. The number of methoxy groups -OCH3 is 2. The van der Waals surface area contributed by atoms with E-state index in [0.717, 1.165) is 6.42 Å². The third-order valence-electron chi connectivity index (χ3n) is 5.14. The summed E-state index contributed by atoms with van der Waals surface area (Å²) in [5, 5.41) is 5.87. The zero-order valence-electron chi connectivity index (χ0n) is 18.4. The largest absolute Gasteiger partial charge is 0.497 e. The van der Waals surface area contributed by atoms with Crippen molar-refractivity contribution >= 4 is 11.8 Å². The molecule has 0 heterocycles. The number of carbonyl (C=O) groups is 2. The first kappa shape index (κ1) is 23.3. The van der Waals surface area contributed by atoms with Crippen molar-refractivity contribution in [3.63, 3.8) is 0 Å². The fourth-order valence-corrected chi connectivity index (χ4v) is 3.25. The van der Waals surface area contributed by atoms with Crippen LogP contribution in [0, 0.1) is 5.92 Å². The van der Waals surface area contributed by atoms with Crippen LogP contribution < -0.4 is 20.1 Å². The zero-order valence-corrected chi connectivity index (χ0v) is 18.4. The van der Waals surface area contributed by atoms with E-state index >= 15 is 0 Å². The molecule has 0 saturated carbocycles. The first-order valence-corrected chi connectivity index (χ1v) is 10.3. The first-order valence-electron chi connectivity index (χ1n) is 10.3. The molecule has 0 aliphatic rings. The van der Waals surface area contributed by atoms with Gasteiger partial charge in [0.25, 0.3) is 5.91 Å². The Morgan fingerprint density at radius 3 is 2.07 bits per heavy atom. The monoisotopic (exact) mass is 412 g/mol. The molecule has 2 aromatic rings. The highest BCUT2D eigenvalue weighted by Crippen LogP contribution is 2.23. The van der Waals surface area contributed by atoms with Gasteiger partial charge in [0.1, 0.15) is 17.5 Å². The summed E-state index contributed by atoms with van der Waals surface area (Å²) in [6, 6.07) is 14.4. The van der Waals surface area contributed by atoms with Crippen molar-refractivity contribution < 1.29 is 19.1 Å². The molecule has 0 saturated heterocycles. The third kappa shape index (κ3) is 6.24. The Kier molecular flexibility index (Phi) is 8.71. The summed E-state index contributed by atoms with van der Waals surface area (Å²) in [5.41, 5.74) is 1.56. The predicted molar refractivity (Wildman–Crippen MR) is 118 cm³/mol. The van der Waals surface area contributed by atoms with E-state index in [1.54, 1.807) is 18.2 Å². The van der Waals surface area contributed by atoms with Gasteiger partial charge in [-0.2, -0.15) is 0 Å². The van der Waals surface area contributed by atoms with Gasteiger partial charge in [0.15, 0.2) is 0 Å². The van der Waals surface area contributed by atoms with Crippen molar-refractivity contribution in [2.75, 3.05) is 20.8 Å². The fraction of sp³-hybridized carbons (Fsp3) is 0.417. The molecule has 0 aromatic heterocycles. The molecule has 2 amide bonds. The molecule has 0 bridgehead atoms. The minimum absolute atomic E-state index is 0.0711. The van der Waals surface area contributed by atoms with Crippen LogP contribution in [0.5, 0.6) is 11.5 Å². The number of hydrogen-bond acceptors (Lipinski definition) is 4. The molecule has 30 heavy (non-hydrogen) atoms. The van der Waals surface area contributed by atoms with E-state index in [0.29, 0.717) is 23.6 Å². The van der Waals surface area contributed by atoms with Crippen LogP contribution in [0.3, 0.4) is 0 Å². The van der Waals surface area contributed by atoms with Crippen molar-refractivity contribution in [2.24, 2.45) is 5.92 Å². The lowest BCUT2D eigenvalue weighted by Crippen LogP contribution is -2.50. The van der Waals surface area contributed by atoms with E-state index in [1.165, 1.54) is 19.8 Å². The Balaban J connectivity index is 2.08. The van der Waals surface area contributed by atoms with E-state index in [1.807, 2.05) is 32.0 Å². The van der Waals surface area contributed by atoms with Gasteiger partial charge in [-0.25, -0.2) is 0 Å². The average Bonchev–Trinajstić information content (AvgIpc) is 2.77. The second kappa shape index (κ2) is 11.2. The normalized spacial score (nSPS) is 12.7. The minimum Gasteiger partial charge on any atom is -0.497 e. The van der Waals surface area contributed by atoms with Gasteiger partial charge in [0.05, 0.1) is 14.2 Å². The summed E-state index contributed by atoms with van der Waals surface area (Å²) in [4.78, 5) is 25.7. The van der Waals surface area contributed by atoms with Gasteiger partial charge < -0.3 is 20.1 Å². The van der Waals surface area contributed by atoms with Crippen LogP contribution >= 0.6 is 0 Å². The maximum absolute atomic E-state index is 12.9. The molecule has 0 fully saturated rings. The highest BCUT2D eigenvalue weighted by atomic mass is 16.5. The van der Waals surface area contributed by atoms with Crippen molar-refractivity contribution in [3.05, 3.63) is 59.7 Å². The summed E-state index contributed by atoms with van der Waals surface area (Å²) in [6.07, 6.45) is 0.909. The summed E-state index contributed by atoms with van der Waals surface area (Å²) >= 11 is 0. The van der Waals surface area contributed by atoms with Crippen LogP contribution in [0.4, 0.5) is 0 Å². The van der Waals surface area contributed by atoms with Crippen LogP contribution in [0.2, 0.25) is 0 Å². The average molecular weight is 413 g/mol. The Morgan fingerprint density at radius 2 is 1.57 bits per heavy atom. The number of nitrogens with one attached hydrogen (secondary N) is 2. The van der Waals surface area contributed by atoms with Gasteiger partial charge in [-0.3, -0.25) is 9.59 Å². The number of ether oxygens (including phenoxy) is 2. The van der Waals surface area contributed by atoms with E-state index in [-0.39, 0.29) is 23.7 Å². The second-order valence-electron chi connectivity index (χ2n) is 7.56. The van der Waals surface area contributed by atoms with E-state index < -0.39 is 6.04 Å². The van der Waals surface area contributed by atoms with Gasteiger partial charge in [0.2, 0.25) is 5.91 Å². The summed E-state index contributed by atoms with van der Waals surface area (Å²) < 4.78 is 10.5. The molecule has 6 nitrogen and oxygen atoms in total. The predicted octanol–water partition coefficient (Wildman–Crippen LogP) is 3.77. The van der Waals surface area contributed by atoms with Gasteiger partial charge in [0, 0.05) is 24.1 Å². The summed E-state index contributed by atoms with van der Waals surface area (Å²) in [6.45, 7) is 6.43. The van der Waals surface area contributed by atoms with Gasteiger partial charge >= 0.3 is 0 Å². The Bertz CT molecular complexity index is 814. The van der Waals surface area contributed by atoms with Crippen LogP contribution in [0.1, 0.15) is 49.0 Å². The SMILES string of the molecule is CCC(CNC(=O)[C@@H](NC(=O)c1cc(OC)cc(OC)c1)C(C)C)c1ccccc1. The van der Waals surface area contributed by atoms with Crippen LogP contribution in [0.25, 0.3) is 0 Å². The molecule has 6 heteroatoms. The highest BCUT2D eigenvalue weighted by molar-refractivity contribution is 5.98. The second-order valence-corrected chi connectivity index (χ2v) is 7.56. The molecule has 2 aromatic carbocycles. The highest BCUT2D eigenvalue weighted by Gasteiger charge is 2.25. The lowest BCUT2D eigenvalue weighted by Gasteiger charge is -2.24. The van der Waals surface area contributed by atoms with Crippen molar-refractivity contribution in [1.82, 2.24) is 10.6 Å². The van der Waals surface area contributed by atoms with Crippen LogP contribution in [0.15, 0.2) is 48.5 Å². The molecular formula is C24H32N2O4. The van der Waals surface area contributed by atoms with Gasteiger partial charge in [-0.1, -0.05) is 51.1 Å². The molecule has 0 spiro atoms. The maximum Gasteiger partial charge on any atom is 0.252 e. The quantitative estimate of drug-likeness (QED) is 0.623. The number of rotatable bonds is 10. The molecule has 162 valence electrons. The summed E-state index contributed by atoms with van der Waals surface area (Å²) in [5.74, 6) is 0.635. The van der Waals surface area contributed by atoms with E-state index in [2.05, 4.69) is 29.7 Å². The fourth-order valence-electron chi connectivity index (χ4n) is 3.25. The third-order valence-corrected chi connectivity index (χ3v) is 5.14. The molecule has 0 aliphatic carbocycles. The molecular weight excluding hydrogens is 380 g/mol. The van der Waals surface area contributed by atoms with E-state index in [4.69, 9.17) is 9.47 Å². The molecule has 0 aliphatic heterocycles. The van der Waals surface area contributed by atoms with Crippen molar-refractivity contribution in [1.29, 1.82) is 0 Å². The molecule has 2 atom stereocenters. The lowest BCUT2D eigenvalue weighted by molar-refractivity contribution is -0.124. The number of amides is 2. The van der Waals surface area contributed by atoms with Crippen molar-refractivity contribution in [3.8, 4) is 11.5 Å².